The first-order chi connectivity index (χ1) is 13.7. The number of benzene rings is 1. The number of rotatable bonds is 5. The zero-order valence-corrected chi connectivity index (χ0v) is 17.3. The molecule has 30 heavy (non-hydrogen) atoms. The summed E-state index contributed by atoms with van der Waals surface area (Å²) in [6.45, 7) is 3.22. The van der Waals surface area contributed by atoms with Crippen molar-refractivity contribution in [3.05, 3.63) is 34.4 Å². The Morgan fingerprint density at radius 1 is 1.37 bits per heavy atom. The van der Waals surface area contributed by atoms with E-state index in [-0.39, 0.29) is 10.7 Å². The Balaban J connectivity index is 2.52. The van der Waals surface area contributed by atoms with Gasteiger partial charge in [-0.1, -0.05) is 12.1 Å². The molecule has 0 radical (unpaired) electrons. The van der Waals surface area contributed by atoms with E-state index in [9.17, 15) is 37.6 Å². The molecule has 2 amide bonds. The van der Waals surface area contributed by atoms with Crippen molar-refractivity contribution in [1.29, 1.82) is 0 Å². The van der Waals surface area contributed by atoms with Gasteiger partial charge in [-0.2, -0.15) is 4.31 Å². The van der Waals surface area contributed by atoms with Gasteiger partial charge in [-0.05, 0) is 26.8 Å². The first-order valence-corrected chi connectivity index (χ1v) is 10.3. The summed E-state index contributed by atoms with van der Waals surface area (Å²) < 4.78 is 45.5. The van der Waals surface area contributed by atoms with Gasteiger partial charge in [0, 0.05) is 12.5 Å². The van der Waals surface area contributed by atoms with Crippen molar-refractivity contribution in [3.63, 3.8) is 0 Å². The average Bonchev–Trinajstić information content (AvgIpc) is 2.98. The first-order valence-electron chi connectivity index (χ1n) is 8.87. The van der Waals surface area contributed by atoms with Gasteiger partial charge in [0.2, 0.25) is 0 Å². The second-order valence-electron chi connectivity index (χ2n) is 7.66. The fourth-order valence-corrected chi connectivity index (χ4v) is 4.48. The standard InChI is InChI=1S/C17H22FN3O8S/c1-17(2,3)29-16(24)20(10-12-8-11(18)9-19(12)15(22)23)30(27,28)14-7-5-4-6-13(14)21(25)26/h4-7,11-12H,8-10H2,1-3H3,(H,22,23). The average molecular weight is 447 g/mol. The maximum absolute atomic E-state index is 13.8. The zero-order valence-electron chi connectivity index (χ0n) is 16.5. The fourth-order valence-electron chi connectivity index (χ4n) is 2.99. The molecule has 0 aromatic heterocycles. The summed E-state index contributed by atoms with van der Waals surface area (Å²) in [5.41, 5.74) is -1.88. The van der Waals surface area contributed by atoms with Crippen LogP contribution in [0.4, 0.5) is 19.7 Å². The molecule has 1 aliphatic rings. The number of nitro benzene ring substituents is 1. The van der Waals surface area contributed by atoms with Crippen LogP contribution in [0.15, 0.2) is 29.2 Å². The molecule has 166 valence electrons. The predicted molar refractivity (Wildman–Crippen MR) is 101 cm³/mol. The number of hydrogen-bond acceptors (Lipinski definition) is 7. The SMILES string of the molecule is CC(C)(C)OC(=O)N(CC1CC(F)CN1C(=O)O)S(=O)(=O)c1ccccc1[N+](=O)[O-]. The molecule has 2 unspecified atom stereocenters. The van der Waals surface area contributed by atoms with Crippen molar-refractivity contribution in [2.24, 2.45) is 0 Å². The molecule has 13 heteroatoms. The zero-order chi connectivity index (χ0) is 22.9. The van der Waals surface area contributed by atoms with Crippen molar-refractivity contribution in [3.8, 4) is 0 Å². The number of halogens is 1. The molecule has 2 rings (SSSR count). The van der Waals surface area contributed by atoms with Crippen LogP contribution in [0.1, 0.15) is 27.2 Å². The summed E-state index contributed by atoms with van der Waals surface area (Å²) in [5.74, 6) is 0. The van der Waals surface area contributed by atoms with E-state index in [0.717, 1.165) is 12.1 Å². The Morgan fingerprint density at radius 2 is 1.97 bits per heavy atom. The lowest BCUT2D eigenvalue weighted by Gasteiger charge is -2.30. The Kier molecular flexibility index (Phi) is 6.54. The molecule has 1 aromatic rings. The van der Waals surface area contributed by atoms with E-state index in [0.29, 0.717) is 4.90 Å². The van der Waals surface area contributed by atoms with E-state index in [4.69, 9.17) is 4.74 Å². The molecule has 1 fully saturated rings. The normalized spacial score (nSPS) is 19.4. The Labute approximate surface area is 172 Å². The van der Waals surface area contributed by atoms with Crippen LogP contribution in [0, 0.1) is 10.1 Å². The molecule has 1 N–H and O–H groups in total. The van der Waals surface area contributed by atoms with Crippen molar-refractivity contribution >= 4 is 27.9 Å². The highest BCUT2D eigenvalue weighted by molar-refractivity contribution is 7.89. The molecule has 0 bridgehead atoms. The number of amides is 2. The first kappa shape index (κ1) is 23.3. The van der Waals surface area contributed by atoms with Crippen LogP contribution < -0.4 is 0 Å². The van der Waals surface area contributed by atoms with Crippen LogP contribution >= 0.6 is 0 Å². The van der Waals surface area contributed by atoms with E-state index < -0.39 is 68.6 Å². The number of hydrogen-bond donors (Lipinski definition) is 1. The topological polar surface area (TPSA) is 147 Å². The van der Waals surface area contributed by atoms with Gasteiger partial charge in [0.1, 0.15) is 11.8 Å². The molecule has 0 spiro atoms. The molecule has 1 aromatic carbocycles. The van der Waals surface area contributed by atoms with E-state index in [2.05, 4.69) is 0 Å². The summed E-state index contributed by atoms with van der Waals surface area (Å²) >= 11 is 0. The van der Waals surface area contributed by atoms with E-state index in [1.165, 1.54) is 32.9 Å². The number of para-hydroxylation sites is 1. The molecule has 11 nitrogen and oxygen atoms in total. The fraction of sp³-hybridized carbons (Fsp3) is 0.529. The van der Waals surface area contributed by atoms with Crippen LogP contribution in [-0.2, 0) is 14.8 Å². The number of likely N-dealkylation sites (tertiary alicyclic amines) is 1. The third kappa shape index (κ3) is 5.14. The molecule has 0 aliphatic carbocycles. The van der Waals surface area contributed by atoms with Crippen molar-refractivity contribution < 1.29 is 37.2 Å². The summed E-state index contributed by atoms with van der Waals surface area (Å²) in [5, 5.41) is 20.6. The molecule has 1 aliphatic heterocycles. The van der Waals surface area contributed by atoms with E-state index >= 15 is 0 Å². The summed E-state index contributed by atoms with van der Waals surface area (Å²) in [6.07, 6.45) is -4.71. The number of alkyl halides is 1. The number of nitro groups is 1. The molecule has 1 heterocycles. The van der Waals surface area contributed by atoms with Gasteiger partial charge in [-0.25, -0.2) is 22.4 Å². The minimum absolute atomic E-state index is 0.221. The van der Waals surface area contributed by atoms with Crippen molar-refractivity contribution in [2.45, 2.75) is 49.9 Å². The van der Waals surface area contributed by atoms with Gasteiger partial charge in [0.25, 0.3) is 15.7 Å². The Morgan fingerprint density at radius 3 is 2.50 bits per heavy atom. The van der Waals surface area contributed by atoms with Crippen molar-refractivity contribution in [2.75, 3.05) is 13.1 Å². The molecular weight excluding hydrogens is 425 g/mol. The van der Waals surface area contributed by atoms with Crippen LogP contribution in [0.25, 0.3) is 0 Å². The second-order valence-corrected chi connectivity index (χ2v) is 9.49. The smallest absolute Gasteiger partial charge is 0.424 e. The lowest BCUT2D eigenvalue weighted by molar-refractivity contribution is -0.387. The van der Waals surface area contributed by atoms with Crippen molar-refractivity contribution in [1.82, 2.24) is 9.21 Å². The number of carbonyl (C=O) groups is 2. The lowest BCUT2D eigenvalue weighted by atomic mass is 10.2. The quantitative estimate of drug-likeness (QED) is 0.535. The molecular formula is C17H22FN3O8S. The summed E-state index contributed by atoms with van der Waals surface area (Å²) in [4.78, 5) is 34.4. The highest BCUT2D eigenvalue weighted by atomic mass is 32.2. The molecule has 1 saturated heterocycles. The van der Waals surface area contributed by atoms with Crippen LogP contribution in [0.2, 0.25) is 0 Å². The summed E-state index contributed by atoms with van der Waals surface area (Å²) in [7, 11) is -4.83. The second kappa shape index (κ2) is 8.42. The van der Waals surface area contributed by atoms with Crippen LogP contribution in [-0.4, -0.2) is 70.7 Å². The molecule has 0 saturated carbocycles. The minimum Gasteiger partial charge on any atom is -0.465 e. The summed E-state index contributed by atoms with van der Waals surface area (Å²) in [6, 6.07) is 3.22. The lowest BCUT2D eigenvalue weighted by Crippen LogP contribution is -2.48. The van der Waals surface area contributed by atoms with Gasteiger partial charge in [-0.15, -0.1) is 0 Å². The van der Waals surface area contributed by atoms with Gasteiger partial charge in [0.15, 0.2) is 4.90 Å². The van der Waals surface area contributed by atoms with Gasteiger partial charge in [-0.3, -0.25) is 10.1 Å². The number of ether oxygens (including phenoxy) is 1. The number of carbonyl (C=O) groups excluding carboxylic acids is 1. The van der Waals surface area contributed by atoms with Gasteiger partial charge < -0.3 is 14.7 Å². The highest BCUT2D eigenvalue weighted by Crippen LogP contribution is 2.30. The van der Waals surface area contributed by atoms with Gasteiger partial charge in [0.05, 0.1) is 24.1 Å². The van der Waals surface area contributed by atoms with Gasteiger partial charge >= 0.3 is 12.2 Å². The number of nitrogens with zero attached hydrogens (tertiary/aromatic N) is 3. The largest absolute Gasteiger partial charge is 0.465 e. The molecule has 2 atom stereocenters. The third-order valence-corrected chi connectivity index (χ3v) is 5.99. The monoisotopic (exact) mass is 447 g/mol. The number of carboxylic acid groups (broad SMARTS) is 1. The third-order valence-electron chi connectivity index (χ3n) is 4.21. The predicted octanol–water partition coefficient (Wildman–Crippen LogP) is 2.61. The van der Waals surface area contributed by atoms with E-state index in [1.807, 2.05) is 0 Å². The van der Waals surface area contributed by atoms with E-state index in [1.54, 1.807) is 0 Å². The maximum Gasteiger partial charge on any atom is 0.424 e. The van der Waals surface area contributed by atoms with Crippen LogP contribution in [0.5, 0.6) is 0 Å². The Hall–Kier alpha value is -2.96. The van der Waals surface area contributed by atoms with Crippen LogP contribution in [0.3, 0.4) is 0 Å². The minimum atomic E-state index is -4.83. The number of sulfonamides is 1. The maximum atomic E-state index is 13.8. The highest BCUT2D eigenvalue weighted by Gasteiger charge is 2.43. The Bertz CT molecular complexity index is 947.